The van der Waals surface area contributed by atoms with Gasteiger partial charge in [-0.3, -0.25) is 0 Å². The van der Waals surface area contributed by atoms with E-state index in [0.717, 1.165) is 24.1 Å². The average molecular weight is 298 g/mol. The molecule has 0 aliphatic heterocycles. The van der Waals surface area contributed by atoms with E-state index < -0.39 is 0 Å². The second-order valence-electron chi connectivity index (χ2n) is 5.29. The monoisotopic (exact) mass is 297 g/mol. The van der Waals surface area contributed by atoms with Crippen LogP contribution in [-0.2, 0) is 19.4 Å². The first kappa shape index (κ1) is 13.9. The van der Waals surface area contributed by atoms with Gasteiger partial charge in [-0.1, -0.05) is 23.7 Å². The number of aryl methyl sites for hydroxylation is 2. The molecule has 4 heteroatoms. The number of fused-ring (bicyclic) bond motifs is 1. The molecule has 2 aromatic rings. The highest BCUT2D eigenvalue weighted by Crippen LogP contribution is 2.24. The van der Waals surface area contributed by atoms with Crippen LogP contribution in [0.15, 0.2) is 30.3 Å². The van der Waals surface area contributed by atoms with Gasteiger partial charge in [-0.15, -0.1) is 0 Å². The van der Waals surface area contributed by atoms with Crippen LogP contribution in [0.1, 0.15) is 35.2 Å². The molecule has 1 aromatic carbocycles. The van der Waals surface area contributed by atoms with Gasteiger partial charge in [0.2, 0.25) is 0 Å². The van der Waals surface area contributed by atoms with Crippen molar-refractivity contribution in [2.24, 2.45) is 0 Å². The van der Waals surface area contributed by atoms with E-state index >= 15 is 0 Å². The van der Waals surface area contributed by atoms with Gasteiger partial charge in [0.15, 0.2) is 0 Å². The summed E-state index contributed by atoms with van der Waals surface area (Å²) in [6.45, 7) is 0.612. The van der Waals surface area contributed by atoms with E-state index in [1.807, 2.05) is 30.3 Å². The van der Waals surface area contributed by atoms with Gasteiger partial charge in [-0.25, -0.2) is 4.98 Å². The Hall–Kier alpha value is -2.05. The molecule has 1 heterocycles. The fraction of sp³-hybridized carbons (Fsp3) is 0.294. The molecule has 21 heavy (non-hydrogen) atoms. The summed E-state index contributed by atoms with van der Waals surface area (Å²) < 4.78 is 0. The number of nitrogens with zero attached hydrogens (tertiary/aromatic N) is 2. The predicted octanol–water partition coefficient (Wildman–Crippen LogP) is 4.10. The molecule has 1 aliphatic carbocycles. The molecule has 0 bridgehead atoms. The molecule has 0 saturated heterocycles. The Morgan fingerprint density at radius 2 is 2.10 bits per heavy atom. The van der Waals surface area contributed by atoms with E-state index in [9.17, 15) is 5.26 Å². The van der Waals surface area contributed by atoms with E-state index in [1.54, 1.807) is 0 Å². The topological polar surface area (TPSA) is 48.7 Å². The van der Waals surface area contributed by atoms with Crippen LogP contribution in [-0.4, -0.2) is 4.98 Å². The number of rotatable bonds is 3. The Morgan fingerprint density at radius 1 is 1.24 bits per heavy atom. The van der Waals surface area contributed by atoms with Gasteiger partial charge in [0.1, 0.15) is 11.9 Å². The minimum atomic E-state index is 0.612. The Balaban J connectivity index is 1.83. The van der Waals surface area contributed by atoms with Crippen LogP contribution in [0.25, 0.3) is 0 Å². The van der Waals surface area contributed by atoms with Gasteiger partial charge >= 0.3 is 0 Å². The number of pyridine rings is 1. The standard InChI is InChI=1S/C17H16ClN3/c18-15-6-3-4-12(8-15)11-20-17-14(10-19)9-13-5-1-2-7-16(13)21-17/h3-4,6,8-9H,1-2,5,7,11H2,(H,20,21). The fourth-order valence-electron chi connectivity index (χ4n) is 2.69. The molecule has 0 unspecified atom stereocenters. The third-order valence-corrected chi connectivity index (χ3v) is 4.01. The highest BCUT2D eigenvalue weighted by atomic mass is 35.5. The number of aromatic nitrogens is 1. The molecular formula is C17H16ClN3. The van der Waals surface area contributed by atoms with Crippen LogP contribution in [0.3, 0.4) is 0 Å². The van der Waals surface area contributed by atoms with Gasteiger partial charge in [-0.05, 0) is 55.0 Å². The summed E-state index contributed by atoms with van der Waals surface area (Å²) in [5.41, 5.74) is 4.06. The maximum absolute atomic E-state index is 9.31. The molecule has 106 valence electrons. The number of benzene rings is 1. The van der Waals surface area contributed by atoms with Crippen molar-refractivity contribution in [3.63, 3.8) is 0 Å². The van der Waals surface area contributed by atoms with Crippen molar-refractivity contribution in [3.8, 4) is 6.07 Å². The van der Waals surface area contributed by atoms with Crippen molar-refractivity contribution in [1.82, 2.24) is 4.98 Å². The van der Waals surface area contributed by atoms with E-state index in [2.05, 4.69) is 16.4 Å². The minimum absolute atomic E-state index is 0.612. The fourth-order valence-corrected chi connectivity index (χ4v) is 2.90. The largest absolute Gasteiger partial charge is 0.365 e. The van der Waals surface area contributed by atoms with Crippen LogP contribution >= 0.6 is 11.6 Å². The highest BCUT2D eigenvalue weighted by molar-refractivity contribution is 6.30. The van der Waals surface area contributed by atoms with Gasteiger partial charge in [0, 0.05) is 17.3 Å². The third kappa shape index (κ3) is 3.17. The quantitative estimate of drug-likeness (QED) is 0.928. The van der Waals surface area contributed by atoms with E-state index in [1.165, 1.54) is 18.4 Å². The van der Waals surface area contributed by atoms with Crippen LogP contribution in [0.4, 0.5) is 5.82 Å². The summed E-state index contributed by atoms with van der Waals surface area (Å²) in [7, 11) is 0. The van der Waals surface area contributed by atoms with Gasteiger partial charge in [-0.2, -0.15) is 5.26 Å². The van der Waals surface area contributed by atoms with E-state index in [4.69, 9.17) is 11.6 Å². The van der Waals surface area contributed by atoms with Crippen LogP contribution in [0, 0.1) is 11.3 Å². The van der Waals surface area contributed by atoms with Gasteiger partial charge in [0.25, 0.3) is 0 Å². The molecule has 0 fully saturated rings. The molecule has 3 nitrogen and oxygen atoms in total. The Kier molecular flexibility index (Phi) is 4.08. The molecule has 0 amide bonds. The second kappa shape index (κ2) is 6.15. The first-order chi connectivity index (χ1) is 10.3. The molecule has 1 aromatic heterocycles. The number of anilines is 1. The number of nitrogens with one attached hydrogen (secondary N) is 1. The van der Waals surface area contributed by atoms with Crippen LogP contribution in [0.2, 0.25) is 5.02 Å². The van der Waals surface area contributed by atoms with Crippen LogP contribution < -0.4 is 5.32 Å². The van der Waals surface area contributed by atoms with E-state index in [-0.39, 0.29) is 0 Å². The number of hydrogen-bond acceptors (Lipinski definition) is 3. The molecule has 3 rings (SSSR count). The highest BCUT2D eigenvalue weighted by Gasteiger charge is 2.14. The lowest BCUT2D eigenvalue weighted by atomic mass is 9.95. The normalized spacial score (nSPS) is 13.3. The smallest absolute Gasteiger partial charge is 0.144 e. The summed E-state index contributed by atoms with van der Waals surface area (Å²) >= 11 is 5.98. The third-order valence-electron chi connectivity index (χ3n) is 3.77. The van der Waals surface area contributed by atoms with Crippen molar-refractivity contribution in [2.45, 2.75) is 32.2 Å². The van der Waals surface area contributed by atoms with Crippen molar-refractivity contribution in [1.29, 1.82) is 5.26 Å². The Bertz CT molecular complexity index is 704. The molecule has 0 radical (unpaired) electrons. The molecule has 1 N–H and O–H groups in total. The van der Waals surface area contributed by atoms with Crippen molar-refractivity contribution in [2.75, 3.05) is 5.32 Å². The molecule has 0 atom stereocenters. The lowest BCUT2D eigenvalue weighted by Crippen LogP contribution is -2.10. The molecule has 1 aliphatic rings. The SMILES string of the molecule is N#Cc1cc2c(nc1NCc1cccc(Cl)c1)CCCC2. The summed E-state index contributed by atoms with van der Waals surface area (Å²) in [6.07, 6.45) is 4.41. The molecular weight excluding hydrogens is 282 g/mol. The average Bonchev–Trinajstić information content (AvgIpc) is 2.52. The van der Waals surface area contributed by atoms with Crippen molar-refractivity contribution < 1.29 is 0 Å². The first-order valence-corrected chi connectivity index (χ1v) is 7.55. The van der Waals surface area contributed by atoms with Crippen molar-refractivity contribution >= 4 is 17.4 Å². The van der Waals surface area contributed by atoms with Gasteiger partial charge < -0.3 is 5.32 Å². The molecule has 0 saturated carbocycles. The summed E-state index contributed by atoms with van der Waals surface area (Å²) in [5, 5.41) is 13.3. The Morgan fingerprint density at radius 3 is 2.90 bits per heavy atom. The molecule has 0 spiro atoms. The number of hydrogen-bond donors (Lipinski definition) is 1. The predicted molar refractivity (Wildman–Crippen MR) is 84.4 cm³/mol. The van der Waals surface area contributed by atoms with Crippen LogP contribution in [0.5, 0.6) is 0 Å². The van der Waals surface area contributed by atoms with E-state index in [0.29, 0.717) is 22.9 Å². The summed E-state index contributed by atoms with van der Waals surface area (Å²) in [4.78, 5) is 4.65. The lowest BCUT2D eigenvalue weighted by Gasteiger charge is -2.17. The van der Waals surface area contributed by atoms with Gasteiger partial charge in [0.05, 0.1) is 5.56 Å². The lowest BCUT2D eigenvalue weighted by molar-refractivity contribution is 0.668. The summed E-state index contributed by atoms with van der Waals surface area (Å²) in [5.74, 6) is 0.679. The zero-order valence-electron chi connectivity index (χ0n) is 11.7. The van der Waals surface area contributed by atoms with Crippen molar-refractivity contribution in [3.05, 3.63) is 57.7 Å². The summed E-state index contributed by atoms with van der Waals surface area (Å²) in [6, 6.07) is 11.9. The first-order valence-electron chi connectivity index (χ1n) is 7.17. The maximum Gasteiger partial charge on any atom is 0.144 e. The maximum atomic E-state index is 9.31. The zero-order valence-corrected chi connectivity index (χ0v) is 12.5. The number of nitriles is 1. The minimum Gasteiger partial charge on any atom is -0.365 e. The zero-order chi connectivity index (χ0) is 14.7. The Labute approximate surface area is 129 Å². The second-order valence-corrected chi connectivity index (χ2v) is 5.73. The number of halogens is 1.